The molecule has 1 aliphatic rings. The van der Waals surface area contributed by atoms with Crippen LogP contribution in [0.4, 0.5) is 4.39 Å². The third-order valence-electron chi connectivity index (χ3n) is 3.80. The highest BCUT2D eigenvalue weighted by Gasteiger charge is 2.20. The van der Waals surface area contributed by atoms with E-state index in [0.29, 0.717) is 16.7 Å². The van der Waals surface area contributed by atoms with Gasteiger partial charge in [-0.05, 0) is 56.8 Å². The molecule has 1 N–H and O–H groups in total. The van der Waals surface area contributed by atoms with E-state index in [4.69, 9.17) is 16.3 Å². The average Bonchev–Trinajstić information content (AvgIpc) is 2.89. The van der Waals surface area contributed by atoms with E-state index in [1.54, 1.807) is 6.92 Å². The predicted octanol–water partition coefficient (Wildman–Crippen LogP) is 4.01. The highest BCUT2D eigenvalue weighted by atomic mass is 35.5. The fraction of sp³-hybridized carbons (Fsp3) is 0.600. The van der Waals surface area contributed by atoms with Gasteiger partial charge in [0.2, 0.25) is 0 Å². The Morgan fingerprint density at radius 3 is 2.95 bits per heavy atom. The lowest BCUT2D eigenvalue weighted by Gasteiger charge is -2.20. The van der Waals surface area contributed by atoms with Crippen molar-refractivity contribution in [2.24, 2.45) is 0 Å². The Hall–Kier alpha value is -0.640. The van der Waals surface area contributed by atoms with Crippen LogP contribution in [-0.4, -0.2) is 19.8 Å². The van der Waals surface area contributed by atoms with Gasteiger partial charge in [-0.1, -0.05) is 17.7 Å². The summed E-state index contributed by atoms with van der Waals surface area (Å²) in [4.78, 5) is 0. The topological polar surface area (TPSA) is 21.3 Å². The van der Waals surface area contributed by atoms with Gasteiger partial charge in [-0.2, -0.15) is 0 Å². The van der Waals surface area contributed by atoms with Crippen LogP contribution in [0.5, 0.6) is 0 Å². The number of benzene rings is 1. The third kappa shape index (κ3) is 3.68. The highest BCUT2D eigenvalue weighted by molar-refractivity contribution is 6.31. The molecule has 1 aromatic rings. The summed E-state index contributed by atoms with van der Waals surface area (Å²) in [5.41, 5.74) is 1.61. The van der Waals surface area contributed by atoms with Crippen LogP contribution in [0, 0.1) is 12.7 Å². The van der Waals surface area contributed by atoms with Crippen molar-refractivity contribution in [3.63, 3.8) is 0 Å². The van der Waals surface area contributed by atoms with Crippen LogP contribution in [0.2, 0.25) is 5.02 Å². The zero-order chi connectivity index (χ0) is 13.8. The molecule has 4 heteroatoms. The van der Waals surface area contributed by atoms with Gasteiger partial charge in [0.15, 0.2) is 0 Å². The molecular weight excluding hydrogens is 265 g/mol. The number of hydrogen-bond donors (Lipinski definition) is 1. The van der Waals surface area contributed by atoms with Gasteiger partial charge >= 0.3 is 0 Å². The Bertz CT molecular complexity index is 432. The summed E-state index contributed by atoms with van der Waals surface area (Å²) in [6.07, 6.45) is 4.64. The molecule has 0 amide bonds. The fourth-order valence-electron chi connectivity index (χ4n) is 2.63. The Balaban J connectivity index is 2.05. The summed E-state index contributed by atoms with van der Waals surface area (Å²) in [6.45, 7) is 2.65. The second-order valence-electron chi connectivity index (χ2n) is 5.18. The lowest BCUT2D eigenvalue weighted by atomic mass is 9.98. The van der Waals surface area contributed by atoms with Crippen molar-refractivity contribution in [2.45, 2.75) is 44.8 Å². The quantitative estimate of drug-likeness (QED) is 0.883. The molecule has 1 saturated heterocycles. The van der Waals surface area contributed by atoms with E-state index in [-0.39, 0.29) is 11.9 Å². The van der Waals surface area contributed by atoms with E-state index in [1.165, 1.54) is 6.07 Å². The van der Waals surface area contributed by atoms with Crippen LogP contribution in [0.15, 0.2) is 12.1 Å². The maximum absolute atomic E-state index is 13.4. The molecule has 1 aromatic carbocycles. The van der Waals surface area contributed by atoms with Crippen LogP contribution >= 0.6 is 11.6 Å². The molecule has 19 heavy (non-hydrogen) atoms. The number of aryl methyl sites for hydroxylation is 1. The van der Waals surface area contributed by atoms with Crippen LogP contribution in [-0.2, 0) is 4.74 Å². The summed E-state index contributed by atoms with van der Waals surface area (Å²) in [5.74, 6) is -0.247. The van der Waals surface area contributed by atoms with Crippen molar-refractivity contribution in [1.29, 1.82) is 0 Å². The Labute approximate surface area is 119 Å². The number of halogens is 2. The molecule has 1 fully saturated rings. The lowest BCUT2D eigenvalue weighted by molar-refractivity contribution is 0.0998. The summed E-state index contributed by atoms with van der Waals surface area (Å²) in [5, 5.41) is 3.76. The van der Waals surface area contributed by atoms with Crippen molar-refractivity contribution in [1.82, 2.24) is 5.32 Å². The largest absolute Gasteiger partial charge is 0.378 e. The SMILES string of the molecule is CNC(CCC1CCCO1)c1cc(C)c(F)cc1Cl. The molecule has 0 saturated carbocycles. The van der Waals surface area contributed by atoms with Gasteiger partial charge in [0.25, 0.3) is 0 Å². The summed E-state index contributed by atoms with van der Waals surface area (Å²) < 4.78 is 19.1. The van der Waals surface area contributed by atoms with Crippen LogP contribution in [0.25, 0.3) is 0 Å². The smallest absolute Gasteiger partial charge is 0.127 e. The second-order valence-corrected chi connectivity index (χ2v) is 5.58. The van der Waals surface area contributed by atoms with Gasteiger partial charge in [-0.15, -0.1) is 0 Å². The molecule has 0 aromatic heterocycles. The third-order valence-corrected chi connectivity index (χ3v) is 4.13. The molecule has 1 aliphatic heterocycles. The lowest BCUT2D eigenvalue weighted by Crippen LogP contribution is -2.19. The molecule has 0 aliphatic carbocycles. The van der Waals surface area contributed by atoms with E-state index in [0.717, 1.165) is 37.9 Å². The monoisotopic (exact) mass is 285 g/mol. The van der Waals surface area contributed by atoms with Crippen molar-refractivity contribution in [3.05, 3.63) is 34.1 Å². The van der Waals surface area contributed by atoms with E-state index in [2.05, 4.69) is 5.32 Å². The molecule has 2 unspecified atom stereocenters. The Morgan fingerprint density at radius 1 is 1.53 bits per heavy atom. The zero-order valence-electron chi connectivity index (χ0n) is 11.5. The first-order chi connectivity index (χ1) is 9.11. The molecule has 1 heterocycles. The molecule has 2 atom stereocenters. The molecule has 0 bridgehead atoms. The first kappa shape index (κ1) is 14.8. The number of nitrogens with one attached hydrogen (secondary N) is 1. The van der Waals surface area contributed by atoms with Crippen molar-refractivity contribution >= 4 is 11.6 Å². The second kappa shape index (κ2) is 6.69. The Morgan fingerprint density at radius 2 is 2.32 bits per heavy atom. The van der Waals surface area contributed by atoms with Crippen molar-refractivity contribution < 1.29 is 9.13 Å². The minimum absolute atomic E-state index is 0.149. The number of rotatable bonds is 5. The van der Waals surface area contributed by atoms with Gasteiger partial charge in [0.1, 0.15) is 5.82 Å². The molecular formula is C15H21ClFNO. The van der Waals surface area contributed by atoms with Gasteiger partial charge in [-0.25, -0.2) is 4.39 Å². The van der Waals surface area contributed by atoms with Gasteiger partial charge in [0.05, 0.1) is 6.10 Å². The van der Waals surface area contributed by atoms with Crippen molar-refractivity contribution in [3.8, 4) is 0 Å². The van der Waals surface area contributed by atoms with E-state index < -0.39 is 0 Å². The molecule has 2 rings (SSSR count). The van der Waals surface area contributed by atoms with Crippen LogP contribution in [0.1, 0.15) is 42.9 Å². The van der Waals surface area contributed by atoms with Gasteiger partial charge in [-0.3, -0.25) is 0 Å². The number of hydrogen-bond acceptors (Lipinski definition) is 2. The minimum atomic E-state index is -0.247. The van der Waals surface area contributed by atoms with Crippen LogP contribution < -0.4 is 5.32 Å². The van der Waals surface area contributed by atoms with Gasteiger partial charge in [0, 0.05) is 17.7 Å². The highest BCUT2D eigenvalue weighted by Crippen LogP contribution is 2.30. The summed E-state index contributed by atoms with van der Waals surface area (Å²) in [7, 11) is 1.91. The average molecular weight is 286 g/mol. The summed E-state index contributed by atoms with van der Waals surface area (Å²) >= 11 is 6.16. The molecule has 106 valence electrons. The number of ether oxygens (including phenoxy) is 1. The predicted molar refractivity (Wildman–Crippen MR) is 76.2 cm³/mol. The fourth-order valence-corrected chi connectivity index (χ4v) is 2.91. The first-order valence-corrected chi connectivity index (χ1v) is 7.24. The Kier molecular flexibility index (Phi) is 5.20. The standard InChI is InChI=1S/C15H21ClFNO/c1-10-8-12(13(16)9-14(10)17)15(18-2)6-5-11-4-3-7-19-11/h8-9,11,15,18H,3-7H2,1-2H3. The van der Waals surface area contributed by atoms with E-state index in [1.807, 2.05) is 13.1 Å². The van der Waals surface area contributed by atoms with Crippen LogP contribution in [0.3, 0.4) is 0 Å². The minimum Gasteiger partial charge on any atom is -0.378 e. The zero-order valence-corrected chi connectivity index (χ0v) is 12.3. The van der Waals surface area contributed by atoms with Crippen molar-refractivity contribution in [2.75, 3.05) is 13.7 Å². The maximum atomic E-state index is 13.4. The maximum Gasteiger partial charge on any atom is 0.127 e. The van der Waals surface area contributed by atoms with E-state index >= 15 is 0 Å². The first-order valence-electron chi connectivity index (χ1n) is 6.86. The molecule has 0 radical (unpaired) electrons. The van der Waals surface area contributed by atoms with Gasteiger partial charge < -0.3 is 10.1 Å². The normalized spacial score (nSPS) is 20.7. The molecule has 2 nitrogen and oxygen atoms in total. The van der Waals surface area contributed by atoms with E-state index in [9.17, 15) is 4.39 Å². The summed E-state index contributed by atoms with van der Waals surface area (Å²) in [6, 6.07) is 3.40. The molecule has 0 spiro atoms.